The van der Waals surface area contributed by atoms with E-state index in [9.17, 15) is 18.0 Å². The molecule has 2 aromatic rings. The number of nitrogens with zero attached hydrogens (tertiary/aromatic N) is 1. The average Bonchev–Trinajstić information content (AvgIpc) is 2.82. The van der Waals surface area contributed by atoms with Gasteiger partial charge in [-0.2, -0.15) is 0 Å². The van der Waals surface area contributed by atoms with E-state index in [0.29, 0.717) is 25.0 Å². The van der Waals surface area contributed by atoms with Crippen LogP contribution in [-0.4, -0.2) is 48.9 Å². The van der Waals surface area contributed by atoms with Gasteiger partial charge in [0.2, 0.25) is 0 Å². The number of alkyl halides is 1. The summed E-state index contributed by atoms with van der Waals surface area (Å²) in [5.74, 6) is -1.59. The number of carbonyl (C=O) groups excluding carboxylic acids is 1. The lowest BCUT2D eigenvalue weighted by molar-refractivity contribution is -0.132. The lowest BCUT2D eigenvalue weighted by Gasteiger charge is -2.27. The second-order valence-corrected chi connectivity index (χ2v) is 10.9. The van der Waals surface area contributed by atoms with Crippen LogP contribution in [-0.2, 0) is 4.79 Å². The molecule has 0 aromatic heterocycles. The van der Waals surface area contributed by atoms with E-state index in [2.05, 4.69) is 10.0 Å². The van der Waals surface area contributed by atoms with Gasteiger partial charge >= 0.3 is 0 Å². The van der Waals surface area contributed by atoms with Gasteiger partial charge in [-0.1, -0.05) is 24.6 Å². The van der Waals surface area contributed by atoms with Crippen LogP contribution in [0.15, 0.2) is 52.3 Å². The molecule has 186 valence electrons. The van der Waals surface area contributed by atoms with E-state index in [1.807, 2.05) is 49.3 Å². The molecule has 2 aromatic carbocycles. The summed E-state index contributed by atoms with van der Waals surface area (Å²) in [7, 11) is 3.91. The zero-order valence-electron chi connectivity index (χ0n) is 19.6. The standard InChI is InChI=1S/C25H32F3N3OS2/c1-31(2)14-11-18(17-33-19-9-5-3-6-10-19)29-23-21(26)15-20(16-22(23)27)34-30-24(32)25(28)12-7-4-8-13-25/h3,5-6,9-10,15-16,18,29H,4,7-8,11-14,17H2,1-2H3,(H,30,32). The summed E-state index contributed by atoms with van der Waals surface area (Å²) in [6.07, 6.45) is 3.30. The second-order valence-electron chi connectivity index (χ2n) is 8.88. The number of thioether (sulfide) groups is 1. The molecule has 9 heteroatoms. The fourth-order valence-electron chi connectivity index (χ4n) is 3.81. The Morgan fingerprint density at radius 3 is 2.32 bits per heavy atom. The molecule has 0 aliphatic heterocycles. The summed E-state index contributed by atoms with van der Waals surface area (Å²) in [4.78, 5) is 15.6. The molecule has 4 nitrogen and oxygen atoms in total. The Morgan fingerprint density at radius 2 is 1.71 bits per heavy atom. The van der Waals surface area contributed by atoms with Gasteiger partial charge in [-0.15, -0.1) is 11.8 Å². The molecule has 1 fully saturated rings. The third-order valence-electron chi connectivity index (χ3n) is 5.80. The fraction of sp³-hybridized carbons (Fsp3) is 0.480. The van der Waals surface area contributed by atoms with E-state index >= 15 is 0 Å². The predicted octanol–water partition coefficient (Wildman–Crippen LogP) is 6.29. The first-order chi connectivity index (χ1) is 16.3. The zero-order chi connectivity index (χ0) is 24.6. The number of benzene rings is 2. The molecule has 1 atom stereocenters. The van der Waals surface area contributed by atoms with E-state index in [-0.39, 0.29) is 29.5 Å². The van der Waals surface area contributed by atoms with Crippen molar-refractivity contribution in [1.29, 1.82) is 0 Å². The lowest BCUT2D eigenvalue weighted by atomic mass is 9.86. The van der Waals surface area contributed by atoms with Gasteiger partial charge in [0.1, 0.15) is 17.3 Å². The Hall–Kier alpha value is -1.84. The van der Waals surface area contributed by atoms with E-state index in [1.165, 1.54) is 0 Å². The maximum Gasteiger partial charge on any atom is 0.267 e. The molecule has 0 bridgehead atoms. The Morgan fingerprint density at radius 1 is 1.06 bits per heavy atom. The monoisotopic (exact) mass is 511 g/mol. The minimum atomic E-state index is -1.90. The molecule has 0 heterocycles. The Labute approximate surface area is 208 Å². The molecule has 2 N–H and O–H groups in total. The van der Waals surface area contributed by atoms with E-state index in [0.717, 1.165) is 41.9 Å². The van der Waals surface area contributed by atoms with Crippen molar-refractivity contribution < 1.29 is 18.0 Å². The van der Waals surface area contributed by atoms with E-state index < -0.39 is 23.2 Å². The third kappa shape index (κ3) is 7.85. The SMILES string of the molecule is CN(C)CCC(CSc1ccccc1)Nc1c(F)cc(SNC(=O)C2(F)CCCCC2)cc1F. The van der Waals surface area contributed by atoms with Gasteiger partial charge < -0.3 is 10.2 Å². The summed E-state index contributed by atoms with van der Waals surface area (Å²) in [6, 6.07) is 12.0. The van der Waals surface area contributed by atoms with Crippen LogP contribution < -0.4 is 10.0 Å². The summed E-state index contributed by atoms with van der Waals surface area (Å²) < 4.78 is 46.9. The Balaban J connectivity index is 1.64. The smallest absolute Gasteiger partial charge is 0.267 e. The van der Waals surface area contributed by atoms with Crippen LogP contribution in [0.5, 0.6) is 0 Å². The van der Waals surface area contributed by atoms with Crippen molar-refractivity contribution in [3.63, 3.8) is 0 Å². The summed E-state index contributed by atoms with van der Waals surface area (Å²) in [6.45, 7) is 0.765. The van der Waals surface area contributed by atoms with Gasteiger partial charge in [0.05, 0.1) is 0 Å². The number of carbonyl (C=O) groups is 1. The van der Waals surface area contributed by atoms with Gasteiger partial charge in [0.25, 0.3) is 5.91 Å². The van der Waals surface area contributed by atoms with Crippen molar-refractivity contribution in [2.45, 2.75) is 60.0 Å². The molecule has 1 unspecified atom stereocenters. The highest BCUT2D eigenvalue weighted by atomic mass is 32.2. The predicted molar refractivity (Wildman–Crippen MR) is 135 cm³/mol. The van der Waals surface area contributed by atoms with E-state index in [4.69, 9.17) is 0 Å². The molecule has 1 saturated carbocycles. The van der Waals surface area contributed by atoms with Crippen molar-refractivity contribution >= 4 is 35.3 Å². The zero-order valence-corrected chi connectivity index (χ0v) is 21.2. The largest absolute Gasteiger partial charge is 0.377 e. The van der Waals surface area contributed by atoms with Crippen LogP contribution in [0.25, 0.3) is 0 Å². The van der Waals surface area contributed by atoms with Crippen LogP contribution in [0.3, 0.4) is 0 Å². The molecule has 1 amide bonds. The minimum Gasteiger partial charge on any atom is -0.377 e. The average molecular weight is 512 g/mol. The lowest BCUT2D eigenvalue weighted by Crippen LogP contribution is -2.42. The number of anilines is 1. The molecule has 1 aliphatic rings. The van der Waals surface area contributed by atoms with Gasteiger partial charge in [-0.05, 0) is 89.0 Å². The normalized spacial score (nSPS) is 16.3. The number of nitrogens with one attached hydrogen (secondary N) is 2. The third-order valence-corrected chi connectivity index (χ3v) is 7.73. The maximum atomic E-state index is 14.9. The molecule has 0 saturated heterocycles. The van der Waals surface area contributed by atoms with Crippen LogP contribution in [0, 0.1) is 11.6 Å². The summed E-state index contributed by atoms with van der Waals surface area (Å²) >= 11 is 2.37. The Bertz CT molecular complexity index is 917. The Kier molecular flexibility index (Phi) is 10.0. The minimum absolute atomic E-state index is 0.160. The molecule has 1 aliphatic carbocycles. The molecule has 0 radical (unpaired) electrons. The van der Waals surface area contributed by atoms with Crippen molar-refractivity contribution in [2.75, 3.05) is 31.7 Å². The molecule has 3 rings (SSSR count). The van der Waals surface area contributed by atoms with Gasteiger partial charge in [0.15, 0.2) is 5.67 Å². The van der Waals surface area contributed by atoms with Crippen LogP contribution >= 0.6 is 23.7 Å². The first kappa shape index (κ1) is 26.8. The quantitative estimate of drug-likeness (QED) is 0.274. The maximum absolute atomic E-state index is 14.9. The van der Waals surface area contributed by atoms with Crippen LogP contribution in [0.2, 0.25) is 0 Å². The van der Waals surface area contributed by atoms with Gasteiger partial charge in [-0.3, -0.25) is 9.52 Å². The van der Waals surface area contributed by atoms with Crippen LogP contribution in [0.4, 0.5) is 18.9 Å². The molecular weight excluding hydrogens is 479 g/mol. The van der Waals surface area contributed by atoms with Crippen molar-refractivity contribution in [3.8, 4) is 0 Å². The fourth-order valence-corrected chi connectivity index (χ4v) is 5.52. The van der Waals surface area contributed by atoms with Crippen molar-refractivity contribution in [2.24, 2.45) is 0 Å². The first-order valence-electron chi connectivity index (χ1n) is 11.5. The topological polar surface area (TPSA) is 44.4 Å². The van der Waals surface area contributed by atoms with Gasteiger partial charge in [0, 0.05) is 21.6 Å². The van der Waals surface area contributed by atoms with Crippen LogP contribution in [0.1, 0.15) is 38.5 Å². The second kappa shape index (κ2) is 12.7. The highest BCUT2D eigenvalue weighted by molar-refractivity contribution is 7.99. The summed E-state index contributed by atoms with van der Waals surface area (Å²) in [5, 5.41) is 3.04. The van der Waals surface area contributed by atoms with Gasteiger partial charge in [-0.25, -0.2) is 13.2 Å². The van der Waals surface area contributed by atoms with Crippen molar-refractivity contribution in [3.05, 3.63) is 54.1 Å². The van der Waals surface area contributed by atoms with E-state index in [1.54, 1.807) is 11.8 Å². The summed E-state index contributed by atoms with van der Waals surface area (Å²) in [5.41, 5.74) is -2.10. The molecule has 0 spiro atoms. The number of rotatable bonds is 11. The highest BCUT2D eigenvalue weighted by Crippen LogP contribution is 2.33. The number of hydrogen-bond acceptors (Lipinski definition) is 5. The highest BCUT2D eigenvalue weighted by Gasteiger charge is 2.39. The molecule has 34 heavy (non-hydrogen) atoms. The first-order valence-corrected chi connectivity index (χ1v) is 13.3. The number of amides is 1. The number of halogens is 3. The molecular formula is C25H32F3N3OS2. The van der Waals surface area contributed by atoms with Crippen molar-refractivity contribution in [1.82, 2.24) is 9.62 Å². The number of hydrogen-bond donors (Lipinski definition) is 2.